The molecule has 0 saturated carbocycles. The van der Waals surface area contributed by atoms with E-state index in [-0.39, 0.29) is 51.0 Å². The molecule has 1 aromatic carbocycles. The van der Waals surface area contributed by atoms with Crippen molar-refractivity contribution < 1.29 is 37.1 Å². The zero-order valence-corrected chi connectivity index (χ0v) is 17.4. The molecule has 2 amide bonds. The highest BCUT2D eigenvalue weighted by atomic mass is 32.2. The van der Waals surface area contributed by atoms with E-state index < -0.39 is 44.8 Å². The number of halogens is 2. The number of hydroxylamine groups is 1. The number of carbonyl (C=O) groups excluding carboxylic acids is 1. The minimum atomic E-state index is -3.96. The molecule has 1 aromatic rings. The second kappa shape index (κ2) is 8.89. The molecule has 0 bridgehead atoms. The highest BCUT2D eigenvalue weighted by Crippen LogP contribution is 2.35. The predicted molar refractivity (Wildman–Crippen MR) is 106 cm³/mol. The van der Waals surface area contributed by atoms with Crippen molar-refractivity contribution in [2.24, 2.45) is 5.41 Å². The van der Waals surface area contributed by atoms with Crippen molar-refractivity contribution in [3.05, 3.63) is 41.5 Å². The number of piperidine rings is 1. The fourth-order valence-corrected chi connectivity index (χ4v) is 5.99. The third kappa shape index (κ3) is 4.86. The predicted octanol–water partition coefficient (Wildman–Crippen LogP) is 1.65. The van der Waals surface area contributed by atoms with Gasteiger partial charge in [0, 0.05) is 37.8 Å². The summed E-state index contributed by atoms with van der Waals surface area (Å²) in [6, 6.07) is 3.20. The van der Waals surface area contributed by atoms with Crippen LogP contribution < -0.4 is 5.48 Å². The third-order valence-electron chi connectivity index (χ3n) is 5.88. The molecule has 0 aromatic heterocycles. The number of amides is 2. The first kappa shape index (κ1) is 23.1. The molecule has 1 fully saturated rings. The van der Waals surface area contributed by atoms with Gasteiger partial charge in [-0.3, -0.25) is 10.0 Å². The van der Waals surface area contributed by atoms with E-state index in [0.29, 0.717) is 5.57 Å². The van der Waals surface area contributed by atoms with E-state index in [1.54, 1.807) is 6.08 Å². The van der Waals surface area contributed by atoms with Crippen LogP contribution in [-0.4, -0.2) is 71.9 Å². The summed E-state index contributed by atoms with van der Waals surface area (Å²) in [4.78, 5) is 24.5. The summed E-state index contributed by atoms with van der Waals surface area (Å²) in [5, 5.41) is 18.2. The Bertz CT molecular complexity index is 1010. The zero-order valence-electron chi connectivity index (χ0n) is 16.6. The molecule has 0 radical (unpaired) electrons. The van der Waals surface area contributed by atoms with Crippen LogP contribution in [0.5, 0.6) is 0 Å². The molecule has 170 valence electrons. The lowest BCUT2D eigenvalue weighted by Gasteiger charge is -2.40. The lowest BCUT2D eigenvalue weighted by Crippen LogP contribution is -2.54. The van der Waals surface area contributed by atoms with Crippen LogP contribution in [0, 0.1) is 17.0 Å². The summed E-state index contributed by atoms with van der Waals surface area (Å²) in [5.74, 6) is -2.90. The van der Waals surface area contributed by atoms with Gasteiger partial charge in [-0.1, -0.05) is 6.08 Å². The average Bonchev–Trinajstić information content (AvgIpc) is 2.73. The van der Waals surface area contributed by atoms with E-state index in [2.05, 4.69) is 0 Å². The van der Waals surface area contributed by atoms with Crippen LogP contribution in [0.1, 0.15) is 24.8 Å². The molecule has 0 unspecified atom stereocenters. The minimum Gasteiger partial charge on any atom is -0.465 e. The summed E-state index contributed by atoms with van der Waals surface area (Å²) < 4.78 is 54.4. The molecule has 2 aliphatic rings. The number of sulfonamides is 1. The van der Waals surface area contributed by atoms with Gasteiger partial charge in [-0.25, -0.2) is 27.5 Å². The fraction of sp³-hybridized carbons (Fsp3) is 0.474. The van der Waals surface area contributed by atoms with Crippen molar-refractivity contribution in [1.29, 1.82) is 0 Å². The molecule has 12 heteroatoms. The van der Waals surface area contributed by atoms with Crippen LogP contribution in [0.25, 0.3) is 5.57 Å². The smallest absolute Gasteiger partial charge is 0.407 e. The lowest BCUT2D eigenvalue weighted by molar-refractivity contribution is -0.141. The summed E-state index contributed by atoms with van der Waals surface area (Å²) in [6.07, 6.45) is 0.473. The molecular weight excluding hydrogens is 436 g/mol. The number of hydrogen-bond acceptors (Lipinski definition) is 5. The van der Waals surface area contributed by atoms with Crippen molar-refractivity contribution in [3.8, 4) is 0 Å². The van der Waals surface area contributed by atoms with E-state index in [9.17, 15) is 26.8 Å². The first-order valence-electron chi connectivity index (χ1n) is 9.63. The SMILES string of the molecule is O=C(O)N1CCC(CS(=O)(=O)N2CC=C(c3ccc(F)cc3F)CC2)(C(=O)NO)CC1. The first-order chi connectivity index (χ1) is 14.6. The van der Waals surface area contributed by atoms with Gasteiger partial charge < -0.3 is 10.0 Å². The summed E-state index contributed by atoms with van der Waals surface area (Å²) in [7, 11) is -3.96. The maximum Gasteiger partial charge on any atom is 0.407 e. The Hall–Kier alpha value is -2.57. The van der Waals surface area contributed by atoms with E-state index in [0.717, 1.165) is 21.3 Å². The maximum absolute atomic E-state index is 14.0. The Morgan fingerprint density at radius 3 is 2.35 bits per heavy atom. The van der Waals surface area contributed by atoms with E-state index in [1.807, 2.05) is 0 Å². The number of benzene rings is 1. The van der Waals surface area contributed by atoms with Crippen molar-refractivity contribution in [2.75, 3.05) is 31.9 Å². The zero-order chi connectivity index (χ0) is 22.8. The first-order valence-corrected chi connectivity index (χ1v) is 11.2. The van der Waals surface area contributed by atoms with Crippen LogP contribution in [0.4, 0.5) is 13.6 Å². The van der Waals surface area contributed by atoms with Gasteiger partial charge in [0.1, 0.15) is 11.6 Å². The molecule has 31 heavy (non-hydrogen) atoms. The molecular formula is C19H23F2N3O6S. The molecule has 9 nitrogen and oxygen atoms in total. The fourth-order valence-electron chi connectivity index (χ4n) is 4.02. The monoisotopic (exact) mass is 459 g/mol. The second-order valence-electron chi connectivity index (χ2n) is 7.71. The molecule has 0 atom stereocenters. The van der Waals surface area contributed by atoms with E-state index >= 15 is 0 Å². The summed E-state index contributed by atoms with van der Waals surface area (Å²) in [5.41, 5.74) is 0.808. The number of hydrogen-bond donors (Lipinski definition) is 3. The van der Waals surface area contributed by atoms with Gasteiger partial charge in [0.05, 0.1) is 11.2 Å². The van der Waals surface area contributed by atoms with Crippen molar-refractivity contribution in [3.63, 3.8) is 0 Å². The number of rotatable bonds is 5. The van der Waals surface area contributed by atoms with Crippen molar-refractivity contribution >= 4 is 27.6 Å². The van der Waals surface area contributed by atoms with Gasteiger partial charge in [0.2, 0.25) is 10.0 Å². The number of nitrogens with one attached hydrogen (secondary N) is 1. The number of likely N-dealkylation sites (tertiary alicyclic amines) is 1. The van der Waals surface area contributed by atoms with E-state index in [4.69, 9.17) is 10.3 Å². The molecule has 0 aliphatic carbocycles. The van der Waals surface area contributed by atoms with Crippen LogP contribution >= 0.6 is 0 Å². The second-order valence-corrected chi connectivity index (χ2v) is 9.68. The van der Waals surface area contributed by atoms with E-state index in [1.165, 1.54) is 11.5 Å². The summed E-state index contributed by atoms with van der Waals surface area (Å²) in [6.45, 7) is -0.0754. The average molecular weight is 459 g/mol. The van der Waals surface area contributed by atoms with Gasteiger partial charge in [-0.05, 0) is 37.0 Å². The van der Waals surface area contributed by atoms with Gasteiger partial charge in [-0.15, -0.1) is 0 Å². The molecule has 2 heterocycles. The standard InChI is InChI=1S/C19H23F2N3O6S/c20-14-1-2-15(16(21)11-14)13-3-7-24(8-4-13)31(29,30)12-19(17(25)22-28)5-9-23(10-6-19)18(26)27/h1-3,11,28H,4-10,12H2,(H,22,25)(H,26,27). The Labute approximate surface area is 178 Å². The van der Waals surface area contributed by atoms with Crippen LogP contribution in [0.3, 0.4) is 0 Å². The molecule has 3 rings (SSSR count). The lowest BCUT2D eigenvalue weighted by atomic mass is 9.79. The number of nitrogens with zero attached hydrogens (tertiary/aromatic N) is 2. The molecule has 0 spiro atoms. The number of carbonyl (C=O) groups is 2. The highest BCUT2D eigenvalue weighted by molar-refractivity contribution is 7.89. The Morgan fingerprint density at radius 2 is 1.84 bits per heavy atom. The minimum absolute atomic E-state index is 0.0355. The van der Waals surface area contributed by atoms with Crippen LogP contribution in [0.2, 0.25) is 0 Å². The Kier molecular flexibility index (Phi) is 6.62. The topological polar surface area (TPSA) is 127 Å². The van der Waals surface area contributed by atoms with Crippen molar-refractivity contribution in [2.45, 2.75) is 19.3 Å². The van der Waals surface area contributed by atoms with Gasteiger partial charge in [0.15, 0.2) is 0 Å². The Balaban J connectivity index is 1.76. The van der Waals surface area contributed by atoms with Crippen LogP contribution in [-0.2, 0) is 14.8 Å². The van der Waals surface area contributed by atoms with Crippen molar-refractivity contribution in [1.82, 2.24) is 14.7 Å². The van der Waals surface area contributed by atoms with Crippen LogP contribution in [0.15, 0.2) is 24.3 Å². The molecule has 2 aliphatic heterocycles. The quantitative estimate of drug-likeness (QED) is 0.454. The normalized spacial score (nSPS) is 19.6. The number of carboxylic acid groups (broad SMARTS) is 1. The van der Waals surface area contributed by atoms with Gasteiger partial charge >= 0.3 is 6.09 Å². The maximum atomic E-state index is 14.0. The summed E-state index contributed by atoms with van der Waals surface area (Å²) >= 11 is 0. The van der Waals surface area contributed by atoms with Gasteiger partial charge in [0.25, 0.3) is 5.91 Å². The highest BCUT2D eigenvalue weighted by Gasteiger charge is 2.47. The molecule has 3 N–H and O–H groups in total. The third-order valence-corrected chi connectivity index (χ3v) is 7.91. The van der Waals surface area contributed by atoms with Gasteiger partial charge in [-0.2, -0.15) is 4.31 Å². The Morgan fingerprint density at radius 1 is 1.16 bits per heavy atom. The largest absolute Gasteiger partial charge is 0.465 e. The molecule has 1 saturated heterocycles.